The van der Waals surface area contributed by atoms with E-state index in [2.05, 4.69) is 39.3 Å². The summed E-state index contributed by atoms with van der Waals surface area (Å²) < 4.78 is 0. The van der Waals surface area contributed by atoms with Crippen LogP contribution < -0.4 is 10.6 Å². The number of rotatable bonds is 7. The number of anilines is 2. The van der Waals surface area contributed by atoms with Crippen LogP contribution in [0.1, 0.15) is 13.8 Å². The molecule has 0 amide bonds. The molecule has 0 bridgehead atoms. The smallest absolute Gasteiger partial charge is 0.353 e. The van der Waals surface area contributed by atoms with E-state index < -0.39 is 4.92 Å². The lowest BCUT2D eigenvalue weighted by Gasteiger charge is -2.21. The van der Waals surface area contributed by atoms with Crippen molar-refractivity contribution < 1.29 is 4.92 Å². The van der Waals surface area contributed by atoms with Crippen LogP contribution in [0.25, 0.3) is 0 Å². The van der Waals surface area contributed by atoms with Gasteiger partial charge < -0.3 is 15.5 Å². The predicted molar refractivity (Wildman–Crippen MR) is 74.5 cm³/mol. The minimum atomic E-state index is -0.486. The highest BCUT2D eigenvalue weighted by Crippen LogP contribution is 2.27. The number of hydrogen-bond acceptors (Lipinski definition) is 7. The number of nitro groups is 1. The average Bonchev–Trinajstić information content (AvgIpc) is 2.37. The largest absolute Gasteiger partial charge is 0.367 e. The molecule has 0 saturated carbocycles. The molecule has 0 atom stereocenters. The molecule has 0 aliphatic carbocycles. The SMILES string of the molecule is CNc1ncnc(NCCN(C)C(C)C)c1[N+](=O)[O-]. The van der Waals surface area contributed by atoms with Crippen LogP contribution in [0, 0.1) is 10.1 Å². The highest BCUT2D eigenvalue weighted by atomic mass is 16.6. The van der Waals surface area contributed by atoms with E-state index in [0.717, 1.165) is 6.54 Å². The van der Waals surface area contributed by atoms with Crippen LogP contribution in [0.5, 0.6) is 0 Å². The first-order valence-electron chi connectivity index (χ1n) is 6.08. The van der Waals surface area contributed by atoms with Crippen molar-refractivity contribution in [3.63, 3.8) is 0 Å². The van der Waals surface area contributed by atoms with Crippen molar-refractivity contribution in [1.82, 2.24) is 14.9 Å². The second-order valence-corrected chi connectivity index (χ2v) is 4.43. The predicted octanol–water partition coefficient (Wildman–Crippen LogP) is 1.18. The number of hydrogen-bond donors (Lipinski definition) is 2. The van der Waals surface area contributed by atoms with Crippen LogP contribution in [0.3, 0.4) is 0 Å². The molecule has 19 heavy (non-hydrogen) atoms. The van der Waals surface area contributed by atoms with Gasteiger partial charge in [0, 0.05) is 26.2 Å². The minimum absolute atomic E-state index is 0.128. The fraction of sp³-hybridized carbons (Fsp3) is 0.636. The van der Waals surface area contributed by atoms with E-state index in [1.165, 1.54) is 6.33 Å². The fourth-order valence-corrected chi connectivity index (χ4v) is 1.47. The molecule has 1 aromatic heterocycles. The molecule has 0 saturated heterocycles. The minimum Gasteiger partial charge on any atom is -0.367 e. The Morgan fingerprint density at radius 3 is 2.58 bits per heavy atom. The molecule has 0 radical (unpaired) electrons. The van der Waals surface area contributed by atoms with E-state index >= 15 is 0 Å². The molecule has 0 aliphatic heterocycles. The lowest BCUT2D eigenvalue weighted by atomic mass is 10.3. The fourth-order valence-electron chi connectivity index (χ4n) is 1.47. The topological polar surface area (TPSA) is 96.2 Å². The standard InChI is InChI=1S/C11H20N6O2/c1-8(2)16(4)6-5-13-11-9(17(18)19)10(12-3)14-7-15-11/h7-8H,5-6H2,1-4H3,(H2,12,13,14,15). The Morgan fingerprint density at radius 1 is 1.42 bits per heavy atom. The first-order chi connectivity index (χ1) is 8.97. The number of aromatic nitrogens is 2. The number of nitrogens with one attached hydrogen (secondary N) is 2. The lowest BCUT2D eigenvalue weighted by molar-refractivity contribution is -0.383. The third kappa shape index (κ3) is 4.02. The monoisotopic (exact) mass is 268 g/mol. The number of likely N-dealkylation sites (N-methyl/N-ethyl adjacent to an activating group) is 1. The van der Waals surface area contributed by atoms with Gasteiger partial charge in [0.05, 0.1) is 4.92 Å². The Morgan fingerprint density at radius 2 is 2.05 bits per heavy atom. The number of nitrogens with zero attached hydrogens (tertiary/aromatic N) is 4. The van der Waals surface area contributed by atoms with Gasteiger partial charge in [-0.25, -0.2) is 9.97 Å². The quantitative estimate of drug-likeness (QED) is 0.566. The van der Waals surface area contributed by atoms with Crippen LogP contribution in [0.4, 0.5) is 17.3 Å². The summed E-state index contributed by atoms with van der Waals surface area (Å²) in [6.45, 7) is 5.53. The third-order valence-electron chi connectivity index (χ3n) is 2.88. The lowest BCUT2D eigenvalue weighted by Crippen LogP contribution is -2.31. The van der Waals surface area contributed by atoms with Gasteiger partial charge in [-0.3, -0.25) is 10.1 Å². The molecular weight excluding hydrogens is 248 g/mol. The normalized spacial score (nSPS) is 10.8. The molecular formula is C11H20N6O2. The van der Waals surface area contributed by atoms with Crippen molar-refractivity contribution in [2.24, 2.45) is 0 Å². The Hall–Kier alpha value is -1.96. The molecule has 106 valence electrons. The maximum Gasteiger partial charge on any atom is 0.353 e. The summed E-state index contributed by atoms with van der Waals surface area (Å²) in [5.41, 5.74) is -0.128. The van der Waals surface area contributed by atoms with Crippen molar-refractivity contribution in [3.05, 3.63) is 16.4 Å². The van der Waals surface area contributed by atoms with Gasteiger partial charge in [-0.2, -0.15) is 0 Å². The molecule has 1 aromatic rings. The van der Waals surface area contributed by atoms with Crippen LogP contribution in [0.15, 0.2) is 6.33 Å². The highest BCUT2D eigenvalue weighted by Gasteiger charge is 2.21. The third-order valence-corrected chi connectivity index (χ3v) is 2.88. The van der Waals surface area contributed by atoms with Crippen molar-refractivity contribution in [2.45, 2.75) is 19.9 Å². The summed E-state index contributed by atoms with van der Waals surface area (Å²) in [5.74, 6) is 0.446. The summed E-state index contributed by atoms with van der Waals surface area (Å²) in [6.07, 6.45) is 1.30. The maximum atomic E-state index is 11.0. The van der Waals surface area contributed by atoms with Gasteiger partial charge in [0.25, 0.3) is 0 Å². The molecule has 1 rings (SSSR count). The molecule has 0 spiro atoms. The summed E-state index contributed by atoms with van der Waals surface area (Å²) in [5, 5.41) is 16.7. The first-order valence-corrected chi connectivity index (χ1v) is 6.08. The zero-order valence-corrected chi connectivity index (χ0v) is 11.7. The van der Waals surface area contributed by atoms with Crippen molar-refractivity contribution in [2.75, 3.05) is 37.8 Å². The first kappa shape index (κ1) is 15.1. The van der Waals surface area contributed by atoms with Gasteiger partial charge in [0.15, 0.2) is 0 Å². The maximum absolute atomic E-state index is 11.0. The second kappa shape index (κ2) is 6.83. The molecule has 1 heterocycles. The highest BCUT2D eigenvalue weighted by molar-refractivity contribution is 5.68. The summed E-state index contributed by atoms with van der Waals surface area (Å²) in [4.78, 5) is 20.5. The van der Waals surface area contributed by atoms with Gasteiger partial charge in [0.1, 0.15) is 6.33 Å². The van der Waals surface area contributed by atoms with E-state index in [1.54, 1.807) is 7.05 Å². The van der Waals surface area contributed by atoms with Gasteiger partial charge in [-0.05, 0) is 20.9 Å². The summed E-state index contributed by atoms with van der Waals surface area (Å²) >= 11 is 0. The molecule has 0 unspecified atom stereocenters. The zero-order valence-electron chi connectivity index (χ0n) is 11.7. The molecule has 0 aromatic carbocycles. The molecule has 2 N–H and O–H groups in total. The molecule has 8 nitrogen and oxygen atoms in total. The van der Waals surface area contributed by atoms with Crippen LogP contribution in [0.2, 0.25) is 0 Å². The molecule has 8 heteroatoms. The zero-order chi connectivity index (χ0) is 14.4. The van der Waals surface area contributed by atoms with Crippen molar-refractivity contribution in [1.29, 1.82) is 0 Å². The van der Waals surface area contributed by atoms with Crippen LogP contribution in [-0.4, -0.2) is 53.0 Å². The van der Waals surface area contributed by atoms with E-state index in [1.807, 2.05) is 7.05 Å². The van der Waals surface area contributed by atoms with Crippen LogP contribution in [-0.2, 0) is 0 Å². The molecule has 0 fully saturated rings. The average molecular weight is 268 g/mol. The van der Waals surface area contributed by atoms with Crippen molar-refractivity contribution >= 4 is 17.3 Å². The Balaban J connectivity index is 2.75. The Kier molecular flexibility index (Phi) is 5.43. The van der Waals surface area contributed by atoms with Crippen molar-refractivity contribution in [3.8, 4) is 0 Å². The van der Waals surface area contributed by atoms with Gasteiger partial charge in [-0.1, -0.05) is 0 Å². The van der Waals surface area contributed by atoms with Gasteiger partial charge in [0.2, 0.25) is 11.6 Å². The van der Waals surface area contributed by atoms with E-state index in [0.29, 0.717) is 12.6 Å². The van der Waals surface area contributed by atoms with E-state index in [9.17, 15) is 10.1 Å². The molecule has 0 aliphatic rings. The van der Waals surface area contributed by atoms with Crippen LogP contribution >= 0.6 is 0 Å². The van der Waals surface area contributed by atoms with Gasteiger partial charge in [-0.15, -0.1) is 0 Å². The summed E-state index contributed by atoms with van der Waals surface area (Å²) in [7, 11) is 3.59. The van der Waals surface area contributed by atoms with E-state index in [-0.39, 0.29) is 17.3 Å². The van der Waals surface area contributed by atoms with Gasteiger partial charge >= 0.3 is 5.69 Å². The Bertz CT molecular complexity index is 437. The second-order valence-electron chi connectivity index (χ2n) is 4.43. The summed E-state index contributed by atoms with van der Waals surface area (Å²) in [6, 6.07) is 0.426. The Labute approximate surface area is 112 Å². The van der Waals surface area contributed by atoms with E-state index in [4.69, 9.17) is 0 Å².